The number of carbonyl (C=O) groups is 1. The minimum Gasteiger partial charge on any atom is -0.345 e. The largest absolute Gasteiger partial charge is 0.345 e. The molecule has 1 amide bonds. The third-order valence-electron chi connectivity index (χ3n) is 3.28. The van der Waals surface area contributed by atoms with Crippen molar-refractivity contribution >= 4 is 5.91 Å². The Morgan fingerprint density at radius 2 is 1.94 bits per heavy atom. The molecule has 92 valence electrons. The number of nitrogens with one attached hydrogen (secondary N) is 1. The second kappa shape index (κ2) is 5.32. The molecule has 3 nitrogen and oxygen atoms in total. The fourth-order valence-corrected chi connectivity index (χ4v) is 2.25. The summed E-state index contributed by atoms with van der Waals surface area (Å²) >= 11 is 0. The van der Waals surface area contributed by atoms with Crippen molar-refractivity contribution in [3.8, 4) is 0 Å². The van der Waals surface area contributed by atoms with Gasteiger partial charge in [0.05, 0.1) is 0 Å². The van der Waals surface area contributed by atoms with Crippen molar-refractivity contribution in [2.75, 3.05) is 20.6 Å². The molecule has 0 radical (unpaired) electrons. The van der Waals surface area contributed by atoms with Crippen LogP contribution in [0.4, 0.5) is 0 Å². The number of amides is 1. The lowest BCUT2D eigenvalue weighted by Crippen LogP contribution is -2.27. The first-order chi connectivity index (χ1) is 8.18. The number of carbonyl (C=O) groups excluding carboxylic acids is 1. The average molecular weight is 232 g/mol. The van der Waals surface area contributed by atoms with Gasteiger partial charge >= 0.3 is 0 Å². The molecule has 1 fully saturated rings. The van der Waals surface area contributed by atoms with E-state index in [9.17, 15) is 4.79 Å². The van der Waals surface area contributed by atoms with Gasteiger partial charge in [0.15, 0.2) is 0 Å². The van der Waals surface area contributed by atoms with Crippen LogP contribution < -0.4 is 5.32 Å². The Morgan fingerprint density at radius 1 is 1.24 bits per heavy atom. The third-order valence-corrected chi connectivity index (χ3v) is 3.28. The smallest absolute Gasteiger partial charge is 0.253 e. The normalized spacial score (nSPS) is 20.0. The van der Waals surface area contributed by atoms with E-state index in [0.29, 0.717) is 6.04 Å². The van der Waals surface area contributed by atoms with Crippen LogP contribution in [0.25, 0.3) is 0 Å². The van der Waals surface area contributed by atoms with E-state index >= 15 is 0 Å². The summed E-state index contributed by atoms with van der Waals surface area (Å²) in [4.78, 5) is 13.3. The lowest BCUT2D eigenvalue weighted by Gasteiger charge is -2.24. The molecule has 1 unspecified atom stereocenters. The van der Waals surface area contributed by atoms with Gasteiger partial charge < -0.3 is 10.2 Å². The highest BCUT2D eigenvalue weighted by atomic mass is 16.2. The highest BCUT2D eigenvalue weighted by Gasteiger charge is 2.15. The Kier molecular flexibility index (Phi) is 3.79. The number of nitrogens with zero attached hydrogens (tertiary/aromatic N) is 1. The molecule has 0 aliphatic carbocycles. The van der Waals surface area contributed by atoms with Crippen LogP contribution in [0.2, 0.25) is 0 Å². The van der Waals surface area contributed by atoms with Crippen molar-refractivity contribution in [2.45, 2.75) is 25.3 Å². The SMILES string of the molecule is CN(C)C(=O)c1ccc(C2CCCCN2)cc1. The van der Waals surface area contributed by atoms with Gasteiger partial charge in [-0.15, -0.1) is 0 Å². The maximum absolute atomic E-state index is 11.7. The average Bonchev–Trinajstić information content (AvgIpc) is 2.39. The van der Waals surface area contributed by atoms with E-state index in [2.05, 4.69) is 17.4 Å². The fourth-order valence-electron chi connectivity index (χ4n) is 2.25. The predicted molar refractivity (Wildman–Crippen MR) is 69.1 cm³/mol. The summed E-state index contributed by atoms with van der Waals surface area (Å²) in [5, 5.41) is 3.51. The van der Waals surface area contributed by atoms with Gasteiger partial charge in [-0.3, -0.25) is 4.79 Å². The Balaban J connectivity index is 2.09. The van der Waals surface area contributed by atoms with E-state index in [-0.39, 0.29) is 5.91 Å². The minimum atomic E-state index is 0.0631. The number of benzene rings is 1. The Morgan fingerprint density at radius 3 is 2.47 bits per heavy atom. The molecule has 3 heteroatoms. The van der Waals surface area contributed by atoms with Crippen LogP contribution in [0.3, 0.4) is 0 Å². The number of piperidine rings is 1. The number of rotatable bonds is 2. The quantitative estimate of drug-likeness (QED) is 0.848. The topological polar surface area (TPSA) is 32.3 Å². The summed E-state index contributed by atoms with van der Waals surface area (Å²) in [6, 6.07) is 8.45. The zero-order valence-corrected chi connectivity index (χ0v) is 10.6. The van der Waals surface area contributed by atoms with Gasteiger partial charge in [-0.05, 0) is 37.1 Å². The molecule has 0 saturated carbocycles. The first kappa shape index (κ1) is 12.1. The molecule has 1 heterocycles. The Hall–Kier alpha value is -1.35. The molecule has 1 aliphatic rings. The lowest BCUT2D eigenvalue weighted by molar-refractivity contribution is 0.0827. The molecule has 1 aromatic carbocycles. The summed E-state index contributed by atoms with van der Waals surface area (Å²) in [6.45, 7) is 1.10. The van der Waals surface area contributed by atoms with Crippen LogP contribution in [-0.2, 0) is 0 Å². The first-order valence-corrected chi connectivity index (χ1v) is 6.23. The van der Waals surface area contributed by atoms with Crippen molar-refractivity contribution in [2.24, 2.45) is 0 Å². The van der Waals surface area contributed by atoms with Gasteiger partial charge in [0.1, 0.15) is 0 Å². The summed E-state index contributed by atoms with van der Waals surface area (Å²) in [7, 11) is 3.55. The molecule has 0 spiro atoms. The second-order valence-corrected chi connectivity index (χ2v) is 4.82. The Labute approximate surface area is 103 Å². The maximum Gasteiger partial charge on any atom is 0.253 e. The van der Waals surface area contributed by atoms with E-state index in [1.165, 1.54) is 24.8 Å². The van der Waals surface area contributed by atoms with Crippen molar-refractivity contribution < 1.29 is 4.79 Å². The molecule has 1 saturated heterocycles. The zero-order valence-electron chi connectivity index (χ0n) is 10.6. The molecule has 1 N–H and O–H groups in total. The van der Waals surface area contributed by atoms with Crippen LogP contribution >= 0.6 is 0 Å². The highest BCUT2D eigenvalue weighted by molar-refractivity contribution is 5.93. The summed E-state index contributed by atoms with van der Waals surface area (Å²) in [5.74, 6) is 0.0631. The molecule has 2 rings (SSSR count). The monoisotopic (exact) mass is 232 g/mol. The number of hydrogen-bond acceptors (Lipinski definition) is 2. The van der Waals surface area contributed by atoms with E-state index in [0.717, 1.165) is 12.1 Å². The summed E-state index contributed by atoms with van der Waals surface area (Å²) in [5.41, 5.74) is 2.05. The van der Waals surface area contributed by atoms with E-state index < -0.39 is 0 Å². The maximum atomic E-state index is 11.7. The molecule has 17 heavy (non-hydrogen) atoms. The molecule has 0 aromatic heterocycles. The second-order valence-electron chi connectivity index (χ2n) is 4.82. The molecular formula is C14H20N2O. The van der Waals surface area contributed by atoms with Crippen LogP contribution in [-0.4, -0.2) is 31.4 Å². The first-order valence-electron chi connectivity index (χ1n) is 6.23. The highest BCUT2D eigenvalue weighted by Crippen LogP contribution is 2.23. The molecule has 1 aromatic rings. The van der Waals surface area contributed by atoms with Crippen molar-refractivity contribution in [3.63, 3.8) is 0 Å². The van der Waals surface area contributed by atoms with Gasteiger partial charge in [0.25, 0.3) is 5.91 Å². The standard InChI is InChI=1S/C14H20N2O/c1-16(2)14(17)12-8-6-11(7-9-12)13-5-3-4-10-15-13/h6-9,13,15H,3-5,10H2,1-2H3. The summed E-state index contributed by atoms with van der Waals surface area (Å²) in [6.07, 6.45) is 3.75. The van der Waals surface area contributed by atoms with Crippen LogP contribution in [0.1, 0.15) is 41.2 Å². The van der Waals surface area contributed by atoms with Crippen molar-refractivity contribution in [1.82, 2.24) is 10.2 Å². The van der Waals surface area contributed by atoms with Crippen LogP contribution in [0, 0.1) is 0 Å². The van der Waals surface area contributed by atoms with E-state index in [1.54, 1.807) is 19.0 Å². The molecule has 0 bridgehead atoms. The predicted octanol–water partition coefficient (Wildman–Crippen LogP) is 2.20. The van der Waals surface area contributed by atoms with Gasteiger partial charge in [0.2, 0.25) is 0 Å². The zero-order chi connectivity index (χ0) is 12.3. The number of hydrogen-bond donors (Lipinski definition) is 1. The minimum absolute atomic E-state index is 0.0631. The third kappa shape index (κ3) is 2.86. The molecule has 1 aliphatic heterocycles. The fraction of sp³-hybridized carbons (Fsp3) is 0.500. The van der Waals surface area contributed by atoms with Crippen molar-refractivity contribution in [3.05, 3.63) is 35.4 Å². The lowest BCUT2D eigenvalue weighted by atomic mass is 9.96. The Bertz CT molecular complexity index is 378. The molecule has 1 atom stereocenters. The van der Waals surface area contributed by atoms with Gasteiger partial charge in [0, 0.05) is 25.7 Å². The molecular weight excluding hydrogens is 212 g/mol. The van der Waals surface area contributed by atoms with Gasteiger partial charge in [-0.2, -0.15) is 0 Å². The van der Waals surface area contributed by atoms with Crippen LogP contribution in [0.15, 0.2) is 24.3 Å². The van der Waals surface area contributed by atoms with Gasteiger partial charge in [-0.1, -0.05) is 18.6 Å². The van der Waals surface area contributed by atoms with E-state index in [4.69, 9.17) is 0 Å². The summed E-state index contributed by atoms with van der Waals surface area (Å²) < 4.78 is 0. The van der Waals surface area contributed by atoms with Gasteiger partial charge in [-0.25, -0.2) is 0 Å². The van der Waals surface area contributed by atoms with E-state index in [1.807, 2.05) is 12.1 Å². The van der Waals surface area contributed by atoms with Crippen LogP contribution in [0.5, 0.6) is 0 Å². The van der Waals surface area contributed by atoms with Crippen molar-refractivity contribution in [1.29, 1.82) is 0 Å².